The van der Waals surface area contributed by atoms with E-state index in [1.54, 1.807) is 12.1 Å². The maximum absolute atomic E-state index is 13.8. The Bertz CT molecular complexity index is 795. The molecule has 0 spiro atoms. The molecule has 1 fully saturated rings. The minimum atomic E-state index is -0.616. The molecule has 1 aromatic carbocycles. The van der Waals surface area contributed by atoms with Crippen molar-refractivity contribution in [2.45, 2.75) is 0 Å². The highest BCUT2D eigenvalue weighted by molar-refractivity contribution is 5.55. The molecule has 0 atom stereocenters. The van der Waals surface area contributed by atoms with Crippen LogP contribution in [0.1, 0.15) is 0 Å². The van der Waals surface area contributed by atoms with Crippen LogP contribution in [0, 0.1) is 15.9 Å². The third-order valence-electron chi connectivity index (χ3n) is 4.04. The predicted octanol–water partition coefficient (Wildman–Crippen LogP) is 1.44. The summed E-state index contributed by atoms with van der Waals surface area (Å²) in [5, 5.41) is 10.8. The van der Waals surface area contributed by atoms with Gasteiger partial charge < -0.3 is 20.3 Å². The van der Waals surface area contributed by atoms with E-state index in [1.807, 2.05) is 9.80 Å². The minimum Gasteiger partial charge on any atom is -0.494 e. The van der Waals surface area contributed by atoms with Gasteiger partial charge in [0.05, 0.1) is 12.0 Å². The summed E-state index contributed by atoms with van der Waals surface area (Å²) in [7, 11) is 1.42. The van der Waals surface area contributed by atoms with Gasteiger partial charge in [0.25, 0.3) is 0 Å². The second kappa shape index (κ2) is 6.75. The number of nitrogens with two attached hydrogens (primary N) is 1. The molecule has 9 nitrogen and oxygen atoms in total. The number of ether oxygens (including phenoxy) is 1. The summed E-state index contributed by atoms with van der Waals surface area (Å²) in [6.45, 7) is 2.44. The number of anilines is 3. The van der Waals surface area contributed by atoms with Crippen molar-refractivity contribution in [3.63, 3.8) is 0 Å². The Balaban J connectivity index is 1.68. The number of aromatic nitrogens is 2. The van der Waals surface area contributed by atoms with Crippen molar-refractivity contribution in [1.29, 1.82) is 0 Å². The molecule has 2 N–H and O–H groups in total. The SMILES string of the molecule is COc1ccc(N2CCN(c3ncc([N+](=O)[O-])c(N)n3)CC2)cc1F. The number of nitrogen functional groups attached to an aromatic ring is 1. The molecule has 2 heterocycles. The van der Waals surface area contributed by atoms with Gasteiger partial charge in [-0.3, -0.25) is 10.1 Å². The molecule has 0 amide bonds. The zero-order valence-electron chi connectivity index (χ0n) is 13.6. The van der Waals surface area contributed by atoms with E-state index >= 15 is 0 Å². The maximum atomic E-state index is 13.8. The normalized spacial score (nSPS) is 14.5. The fourth-order valence-electron chi connectivity index (χ4n) is 2.69. The summed E-state index contributed by atoms with van der Waals surface area (Å²) in [6, 6.07) is 4.84. The van der Waals surface area contributed by atoms with Crippen molar-refractivity contribution in [2.75, 3.05) is 48.8 Å². The Labute approximate surface area is 143 Å². The lowest BCUT2D eigenvalue weighted by molar-refractivity contribution is -0.384. The van der Waals surface area contributed by atoms with Crippen LogP contribution in [0.3, 0.4) is 0 Å². The lowest BCUT2D eigenvalue weighted by atomic mass is 10.2. The summed E-state index contributed by atoms with van der Waals surface area (Å²) in [5.74, 6) is -0.00985. The Kier molecular flexibility index (Phi) is 4.50. The standard InChI is InChI=1S/C15H17FN6O3/c1-25-13-3-2-10(8-11(13)16)20-4-6-21(7-5-20)15-18-9-12(22(23)24)14(17)19-15/h2-3,8-9H,4-7H2,1H3,(H2,17,18,19). The molecule has 0 aliphatic carbocycles. The fourth-order valence-corrected chi connectivity index (χ4v) is 2.69. The van der Waals surface area contributed by atoms with Crippen LogP contribution in [0.5, 0.6) is 5.75 Å². The number of piperazine rings is 1. The number of rotatable bonds is 4. The van der Waals surface area contributed by atoms with Gasteiger partial charge in [0.2, 0.25) is 11.8 Å². The molecular formula is C15H17FN6O3. The number of nitro groups is 1. The Hall–Kier alpha value is -3.17. The molecule has 1 aromatic heterocycles. The summed E-state index contributed by atoms with van der Waals surface area (Å²) >= 11 is 0. The van der Waals surface area contributed by atoms with E-state index < -0.39 is 10.7 Å². The number of hydrogen-bond donors (Lipinski definition) is 1. The molecule has 1 aliphatic rings. The number of hydrogen-bond acceptors (Lipinski definition) is 8. The molecule has 25 heavy (non-hydrogen) atoms. The van der Waals surface area contributed by atoms with E-state index in [0.29, 0.717) is 32.1 Å². The minimum absolute atomic E-state index is 0.158. The van der Waals surface area contributed by atoms with E-state index in [4.69, 9.17) is 10.5 Å². The van der Waals surface area contributed by atoms with Gasteiger partial charge in [-0.15, -0.1) is 0 Å². The molecule has 3 rings (SSSR count). The van der Waals surface area contributed by atoms with Crippen molar-refractivity contribution >= 4 is 23.1 Å². The van der Waals surface area contributed by atoms with Gasteiger partial charge in [0.15, 0.2) is 11.6 Å². The largest absolute Gasteiger partial charge is 0.494 e. The van der Waals surface area contributed by atoms with Crippen LogP contribution < -0.4 is 20.3 Å². The van der Waals surface area contributed by atoms with Gasteiger partial charge in [0, 0.05) is 37.9 Å². The van der Waals surface area contributed by atoms with E-state index in [9.17, 15) is 14.5 Å². The van der Waals surface area contributed by atoms with Crippen LogP contribution >= 0.6 is 0 Å². The molecule has 0 radical (unpaired) electrons. The van der Waals surface area contributed by atoms with E-state index in [-0.39, 0.29) is 17.3 Å². The van der Waals surface area contributed by atoms with Gasteiger partial charge in [0.1, 0.15) is 6.20 Å². The van der Waals surface area contributed by atoms with E-state index in [0.717, 1.165) is 11.9 Å². The zero-order valence-corrected chi connectivity index (χ0v) is 13.6. The highest BCUT2D eigenvalue weighted by Gasteiger charge is 2.22. The van der Waals surface area contributed by atoms with Crippen LogP contribution in [-0.2, 0) is 0 Å². The van der Waals surface area contributed by atoms with Crippen LogP contribution in [0.25, 0.3) is 0 Å². The Morgan fingerprint density at radius 2 is 1.96 bits per heavy atom. The molecule has 0 saturated carbocycles. The van der Waals surface area contributed by atoms with Gasteiger partial charge in [-0.05, 0) is 12.1 Å². The molecule has 0 bridgehead atoms. The van der Waals surface area contributed by atoms with E-state index in [1.165, 1.54) is 13.2 Å². The number of methoxy groups -OCH3 is 1. The highest BCUT2D eigenvalue weighted by atomic mass is 19.1. The molecule has 132 valence electrons. The van der Waals surface area contributed by atoms with Gasteiger partial charge in [-0.25, -0.2) is 9.37 Å². The monoisotopic (exact) mass is 348 g/mol. The first-order valence-electron chi connectivity index (χ1n) is 7.60. The summed E-state index contributed by atoms with van der Waals surface area (Å²) in [6.07, 6.45) is 1.11. The topological polar surface area (TPSA) is 111 Å². The molecule has 10 heteroatoms. The first-order valence-corrected chi connectivity index (χ1v) is 7.60. The third-order valence-corrected chi connectivity index (χ3v) is 4.04. The molecular weight excluding hydrogens is 331 g/mol. The van der Waals surface area contributed by atoms with Crippen LogP contribution in [-0.4, -0.2) is 48.2 Å². The molecule has 1 aliphatic heterocycles. The highest BCUT2D eigenvalue weighted by Crippen LogP contribution is 2.26. The number of halogens is 1. The Morgan fingerprint density at radius 3 is 2.52 bits per heavy atom. The van der Waals surface area contributed by atoms with E-state index in [2.05, 4.69) is 9.97 Å². The second-order valence-electron chi connectivity index (χ2n) is 5.49. The van der Waals surface area contributed by atoms with Crippen LogP contribution in [0.15, 0.2) is 24.4 Å². The molecule has 0 unspecified atom stereocenters. The molecule has 2 aromatic rings. The summed E-state index contributed by atoms with van der Waals surface area (Å²) < 4.78 is 18.8. The van der Waals surface area contributed by atoms with Crippen molar-refractivity contribution in [3.05, 3.63) is 40.3 Å². The average molecular weight is 348 g/mol. The third kappa shape index (κ3) is 3.37. The maximum Gasteiger partial charge on any atom is 0.329 e. The smallest absolute Gasteiger partial charge is 0.329 e. The average Bonchev–Trinajstić information content (AvgIpc) is 2.61. The summed E-state index contributed by atoms with van der Waals surface area (Å²) in [4.78, 5) is 22.1. The van der Waals surface area contributed by atoms with Crippen molar-refractivity contribution in [1.82, 2.24) is 9.97 Å². The van der Waals surface area contributed by atoms with Gasteiger partial charge in [-0.1, -0.05) is 0 Å². The second-order valence-corrected chi connectivity index (χ2v) is 5.49. The lowest BCUT2D eigenvalue weighted by Crippen LogP contribution is -2.47. The van der Waals surface area contributed by atoms with Crippen molar-refractivity contribution in [2.24, 2.45) is 0 Å². The fraction of sp³-hybridized carbons (Fsp3) is 0.333. The zero-order chi connectivity index (χ0) is 18.0. The first kappa shape index (κ1) is 16.7. The first-order chi connectivity index (χ1) is 12.0. The summed E-state index contributed by atoms with van der Waals surface area (Å²) in [5.41, 5.74) is 6.06. The number of benzene rings is 1. The van der Waals surface area contributed by atoms with Crippen LogP contribution in [0.2, 0.25) is 0 Å². The molecule has 1 saturated heterocycles. The quantitative estimate of drug-likeness (QED) is 0.653. The van der Waals surface area contributed by atoms with Gasteiger partial charge >= 0.3 is 5.69 Å². The van der Waals surface area contributed by atoms with Crippen molar-refractivity contribution in [3.8, 4) is 5.75 Å². The Morgan fingerprint density at radius 1 is 1.28 bits per heavy atom. The van der Waals surface area contributed by atoms with Gasteiger partial charge in [-0.2, -0.15) is 4.98 Å². The number of nitrogens with zero attached hydrogens (tertiary/aromatic N) is 5. The lowest BCUT2D eigenvalue weighted by Gasteiger charge is -2.36. The van der Waals surface area contributed by atoms with Crippen LogP contribution in [0.4, 0.5) is 27.5 Å². The predicted molar refractivity (Wildman–Crippen MR) is 90.5 cm³/mol. The van der Waals surface area contributed by atoms with Crippen molar-refractivity contribution < 1.29 is 14.1 Å².